The van der Waals surface area contributed by atoms with E-state index in [1.165, 1.54) is 0 Å². The molecule has 0 unspecified atom stereocenters. The molecule has 2 heterocycles. The molecule has 1 fully saturated rings. The molecule has 0 aliphatic carbocycles. The summed E-state index contributed by atoms with van der Waals surface area (Å²) in [4.78, 5) is 29.2. The van der Waals surface area contributed by atoms with Crippen molar-refractivity contribution < 1.29 is 19.1 Å². The van der Waals surface area contributed by atoms with E-state index in [2.05, 4.69) is 10.2 Å². The largest absolute Gasteiger partial charge is 0.486 e. The van der Waals surface area contributed by atoms with Gasteiger partial charge in [-0.3, -0.25) is 14.5 Å². The molecular formula is C22H25N3O4. The standard InChI is InChI=1S/C22H25N3O4/c1-16(21(26)23-18-7-8-19-20(15-18)29-14-13-28-19)24-9-11-25(12-10-24)22(27)17-5-3-2-4-6-17/h2-8,15-16H,9-14H2,1H3,(H,23,26)/t16-/m1/s1. The van der Waals surface area contributed by atoms with Crippen molar-refractivity contribution in [2.24, 2.45) is 0 Å². The summed E-state index contributed by atoms with van der Waals surface area (Å²) in [6, 6.07) is 14.4. The number of carbonyl (C=O) groups is 2. The molecule has 2 aliphatic rings. The average molecular weight is 395 g/mol. The van der Waals surface area contributed by atoms with Gasteiger partial charge in [-0.1, -0.05) is 18.2 Å². The molecule has 0 bridgehead atoms. The van der Waals surface area contributed by atoms with Crippen LogP contribution in [0, 0.1) is 0 Å². The van der Waals surface area contributed by atoms with Gasteiger partial charge in [0.1, 0.15) is 13.2 Å². The number of piperazine rings is 1. The van der Waals surface area contributed by atoms with Crippen LogP contribution in [0.2, 0.25) is 0 Å². The first-order chi connectivity index (χ1) is 14.1. The van der Waals surface area contributed by atoms with E-state index in [4.69, 9.17) is 9.47 Å². The predicted octanol–water partition coefficient (Wildman–Crippen LogP) is 2.24. The molecule has 0 radical (unpaired) electrons. The van der Waals surface area contributed by atoms with E-state index >= 15 is 0 Å². The monoisotopic (exact) mass is 395 g/mol. The lowest BCUT2D eigenvalue weighted by atomic mass is 10.1. The van der Waals surface area contributed by atoms with E-state index in [1.807, 2.05) is 54.3 Å². The first kappa shape index (κ1) is 19.3. The SMILES string of the molecule is C[C@H](C(=O)Nc1ccc2c(c1)OCCO2)N1CCN(C(=O)c2ccccc2)CC1. The molecular weight excluding hydrogens is 370 g/mol. The fraction of sp³-hybridized carbons (Fsp3) is 0.364. The predicted molar refractivity (Wildman–Crippen MR) is 109 cm³/mol. The highest BCUT2D eigenvalue weighted by Gasteiger charge is 2.28. The molecule has 152 valence electrons. The van der Waals surface area contributed by atoms with Gasteiger partial charge >= 0.3 is 0 Å². The summed E-state index contributed by atoms with van der Waals surface area (Å²) < 4.78 is 11.1. The minimum atomic E-state index is -0.294. The first-order valence-corrected chi connectivity index (χ1v) is 9.91. The van der Waals surface area contributed by atoms with Gasteiger partial charge in [0.05, 0.1) is 6.04 Å². The molecule has 2 aromatic rings. The molecule has 7 heteroatoms. The molecule has 4 rings (SSSR count). The van der Waals surface area contributed by atoms with Crippen LogP contribution in [0.3, 0.4) is 0 Å². The zero-order valence-corrected chi connectivity index (χ0v) is 16.5. The van der Waals surface area contributed by atoms with E-state index in [-0.39, 0.29) is 17.9 Å². The maximum Gasteiger partial charge on any atom is 0.253 e. The Hall–Kier alpha value is -3.06. The van der Waals surface area contributed by atoms with Crippen molar-refractivity contribution in [1.82, 2.24) is 9.80 Å². The summed E-state index contributed by atoms with van der Waals surface area (Å²) in [6.45, 7) is 5.47. The molecule has 2 aromatic carbocycles. The van der Waals surface area contributed by atoms with Crippen LogP contribution in [0.15, 0.2) is 48.5 Å². The third-order valence-corrected chi connectivity index (χ3v) is 5.36. The zero-order valence-electron chi connectivity index (χ0n) is 16.5. The number of nitrogens with zero attached hydrogens (tertiary/aromatic N) is 2. The van der Waals surface area contributed by atoms with Gasteiger partial charge in [-0.05, 0) is 31.2 Å². The third-order valence-electron chi connectivity index (χ3n) is 5.36. The molecule has 1 N–H and O–H groups in total. The Kier molecular flexibility index (Phi) is 5.67. The number of hydrogen-bond acceptors (Lipinski definition) is 5. The highest BCUT2D eigenvalue weighted by atomic mass is 16.6. The lowest BCUT2D eigenvalue weighted by molar-refractivity contribution is -0.121. The number of ether oxygens (including phenoxy) is 2. The molecule has 1 saturated heterocycles. The van der Waals surface area contributed by atoms with Crippen molar-refractivity contribution >= 4 is 17.5 Å². The number of anilines is 1. The Morgan fingerprint density at radius 1 is 0.931 bits per heavy atom. The second-order valence-electron chi connectivity index (χ2n) is 7.22. The highest BCUT2D eigenvalue weighted by Crippen LogP contribution is 2.32. The van der Waals surface area contributed by atoms with Crippen molar-refractivity contribution in [3.63, 3.8) is 0 Å². The number of carbonyl (C=O) groups excluding carboxylic acids is 2. The Morgan fingerprint density at radius 3 is 2.34 bits per heavy atom. The van der Waals surface area contributed by atoms with Gasteiger partial charge < -0.3 is 19.7 Å². The third kappa shape index (κ3) is 4.35. The van der Waals surface area contributed by atoms with E-state index in [0.717, 1.165) is 0 Å². The Balaban J connectivity index is 1.31. The Morgan fingerprint density at radius 2 is 1.62 bits per heavy atom. The number of rotatable bonds is 4. The second kappa shape index (κ2) is 8.53. The van der Waals surface area contributed by atoms with Gasteiger partial charge in [0.2, 0.25) is 5.91 Å². The first-order valence-electron chi connectivity index (χ1n) is 9.91. The summed E-state index contributed by atoms with van der Waals surface area (Å²) in [7, 11) is 0. The van der Waals surface area contributed by atoms with Crippen molar-refractivity contribution in [2.45, 2.75) is 13.0 Å². The second-order valence-corrected chi connectivity index (χ2v) is 7.22. The number of hydrogen-bond donors (Lipinski definition) is 1. The fourth-order valence-electron chi connectivity index (χ4n) is 3.61. The van der Waals surface area contributed by atoms with Crippen LogP contribution in [0.25, 0.3) is 0 Å². The van der Waals surface area contributed by atoms with Gasteiger partial charge in [-0.15, -0.1) is 0 Å². The summed E-state index contributed by atoms with van der Waals surface area (Å²) in [5, 5.41) is 2.95. The quantitative estimate of drug-likeness (QED) is 0.860. The van der Waals surface area contributed by atoms with Crippen LogP contribution in [0.4, 0.5) is 5.69 Å². The van der Waals surface area contributed by atoms with Crippen molar-refractivity contribution in [3.8, 4) is 11.5 Å². The lowest BCUT2D eigenvalue weighted by Crippen LogP contribution is -2.54. The van der Waals surface area contributed by atoms with Gasteiger partial charge in [0.15, 0.2) is 11.5 Å². The smallest absolute Gasteiger partial charge is 0.253 e. The number of nitrogens with one attached hydrogen (secondary N) is 1. The maximum absolute atomic E-state index is 12.7. The average Bonchev–Trinajstić information content (AvgIpc) is 2.78. The Labute approximate surface area is 170 Å². The topological polar surface area (TPSA) is 71.1 Å². The van der Waals surface area contributed by atoms with E-state index in [0.29, 0.717) is 62.1 Å². The summed E-state index contributed by atoms with van der Waals surface area (Å²) in [5.41, 5.74) is 1.38. The number of fused-ring (bicyclic) bond motifs is 1. The van der Waals surface area contributed by atoms with E-state index in [9.17, 15) is 9.59 Å². The Bertz CT molecular complexity index is 879. The zero-order chi connectivity index (χ0) is 20.2. The molecule has 29 heavy (non-hydrogen) atoms. The fourth-order valence-corrected chi connectivity index (χ4v) is 3.61. The summed E-state index contributed by atoms with van der Waals surface area (Å²) in [5.74, 6) is 1.30. The van der Waals surface area contributed by atoms with Crippen LogP contribution in [0.1, 0.15) is 17.3 Å². The van der Waals surface area contributed by atoms with Crippen LogP contribution in [0.5, 0.6) is 11.5 Å². The number of amides is 2. The normalized spacial score (nSPS) is 17.5. The van der Waals surface area contributed by atoms with Crippen LogP contribution >= 0.6 is 0 Å². The highest BCUT2D eigenvalue weighted by molar-refractivity contribution is 5.95. The molecule has 0 aromatic heterocycles. The van der Waals surface area contributed by atoms with Gasteiger partial charge in [-0.25, -0.2) is 0 Å². The molecule has 0 saturated carbocycles. The lowest BCUT2D eigenvalue weighted by Gasteiger charge is -2.37. The van der Waals surface area contributed by atoms with Gasteiger partial charge in [-0.2, -0.15) is 0 Å². The molecule has 1 atom stereocenters. The van der Waals surface area contributed by atoms with E-state index < -0.39 is 0 Å². The minimum absolute atomic E-state index is 0.0404. The molecule has 2 aliphatic heterocycles. The van der Waals surface area contributed by atoms with Crippen LogP contribution in [-0.4, -0.2) is 67.0 Å². The molecule has 0 spiro atoms. The van der Waals surface area contributed by atoms with Crippen molar-refractivity contribution in [1.29, 1.82) is 0 Å². The van der Waals surface area contributed by atoms with Crippen molar-refractivity contribution in [3.05, 3.63) is 54.1 Å². The van der Waals surface area contributed by atoms with Gasteiger partial charge in [0, 0.05) is 43.5 Å². The van der Waals surface area contributed by atoms with Crippen molar-refractivity contribution in [2.75, 3.05) is 44.7 Å². The maximum atomic E-state index is 12.7. The van der Waals surface area contributed by atoms with Crippen LogP contribution in [-0.2, 0) is 4.79 Å². The molecule has 2 amide bonds. The van der Waals surface area contributed by atoms with Crippen LogP contribution < -0.4 is 14.8 Å². The van der Waals surface area contributed by atoms with Gasteiger partial charge in [0.25, 0.3) is 5.91 Å². The number of benzene rings is 2. The summed E-state index contributed by atoms with van der Waals surface area (Å²) in [6.07, 6.45) is 0. The minimum Gasteiger partial charge on any atom is -0.486 e. The van der Waals surface area contributed by atoms with E-state index in [1.54, 1.807) is 6.07 Å². The summed E-state index contributed by atoms with van der Waals surface area (Å²) >= 11 is 0. The molecule has 7 nitrogen and oxygen atoms in total.